The molecule has 1 unspecified atom stereocenters. The molecule has 2 nitrogen and oxygen atoms in total. The molecule has 0 aliphatic carbocycles. The number of halogens is 1. The third kappa shape index (κ3) is 3.35. The summed E-state index contributed by atoms with van der Waals surface area (Å²) in [4.78, 5) is 2.48. The minimum Gasteiger partial charge on any atom is -0.368 e. The summed E-state index contributed by atoms with van der Waals surface area (Å²) in [5.41, 5.74) is 2.35. The lowest BCUT2D eigenvalue weighted by Gasteiger charge is -2.43. The van der Waals surface area contributed by atoms with Crippen molar-refractivity contribution in [1.29, 1.82) is 0 Å². The highest BCUT2D eigenvalue weighted by Crippen LogP contribution is 2.34. The van der Waals surface area contributed by atoms with Gasteiger partial charge in [-0.15, -0.1) is 0 Å². The Morgan fingerprint density at radius 3 is 2.50 bits per heavy atom. The Morgan fingerprint density at radius 1 is 1.09 bits per heavy atom. The van der Waals surface area contributed by atoms with Crippen LogP contribution in [0.4, 0.5) is 0 Å². The van der Waals surface area contributed by atoms with Crippen molar-refractivity contribution in [2.75, 3.05) is 19.7 Å². The summed E-state index contributed by atoms with van der Waals surface area (Å²) in [5, 5.41) is 0.770. The summed E-state index contributed by atoms with van der Waals surface area (Å²) >= 11 is 6.02. The van der Waals surface area contributed by atoms with Crippen LogP contribution in [0.5, 0.6) is 0 Å². The van der Waals surface area contributed by atoms with Gasteiger partial charge in [0.1, 0.15) is 5.60 Å². The molecule has 1 heterocycles. The summed E-state index contributed by atoms with van der Waals surface area (Å²) < 4.78 is 6.22. The van der Waals surface area contributed by atoms with Crippen molar-refractivity contribution in [3.63, 3.8) is 0 Å². The van der Waals surface area contributed by atoms with E-state index in [1.54, 1.807) is 0 Å². The van der Waals surface area contributed by atoms with E-state index in [1.165, 1.54) is 11.1 Å². The lowest BCUT2D eigenvalue weighted by molar-refractivity contribution is -0.119. The molecule has 0 radical (unpaired) electrons. The van der Waals surface area contributed by atoms with Gasteiger partial charge in [-0.05, 0) is 29.7 Å². The van der Waals surface area contributed by atoms with Crippen LogP contribution in [0.3, 0.4) is 0 Å². The predicted octanol–water partition coefficient (Wildman–Crippen LogP) is 4.48. The van der Waals surface area contributed by atoms with Crippen LogP contribution in [-0.2, 0) is 16.9 Å². The Bertz CT molecular complexity index is 599. The summed E-state index contributed by atoms with van der Waals surface area (Å²) in [6.45, 7) is 5.83. The molecule has 3 rings (SSSR count). The number of morpholine rings is 1. The van der Waals surface area contributed by atoms with Crippen molar-refractivity contribution >= 4 is 11.6 Å². The maximum Gasteiger partial charge on any atom is 0.106 e. The molecular formula is C19H22ClNO. The van der Waals surface area contributed by atoms with Gasteiger partial charge in [0.15, 0.2) is 0 Å². The Balaban J connectivity index is 1.79. The molecule has 1 aliphatic rings. The zero-order valence-corrected chi connectivity index (χ0v) is 13.7. The number of benzene rings is 2. The molecule has 1 aliphatic heterocycles. The summed E-state index contributed by atoms with van der Waals surface area (Å²) in [7, 11) is 0. The number of nitrogens with zero attached hydrogens (tertiary/aromatic N) is 1. The fourth-order valence-corrected chi connectivity index (χ4v) is 3.30. The molecule has 116 valence electrons. The van der Waals surface area contributed by atoms with Gasteiger partial charge >= 0.3 is 0 Å². The minimum absolute atomic E-state index is 0.225. The van der Waals surface area contributed by atoms with Crippen LogP contribution in [0.2, 0.25) is 5.02 Å². The first-order valence-corrected chi connectivity index (χ1v) is 8.26. The molecule has 0 spiro atoms. The number of rotatable bonds is 4. The van der Waals surface area contributed by atoms with E-state index in [0.29, 0.717) is 0 Å². The summed E-state index contributed by atoms with van der Waals surface area (Å²) in [5.74, 6) is 0. The van der Waals surface area contributed by atoms with Crippen LogP contribution in [-0.4, -0.2) is 24.6 Å². The first kappa shape index (κ1) is 15.5. The second-order valence-electron chi connectivity index (χ2n) is 5.90. The van der Waals surface area contributed by atoms with Gasteiger partial charge in [0.25, 0.3) is 0 Å². The Hall–Kier alpha value is -1.35. The molecule has 1 atom stereocenters. The fourth-order valence-electron chi connectivity index (χ4n) is 3.18. The monoisotopic (exact) mass is 315 g/mol. The third-order valence-corrected chi connectivity index (χ3v) is 4.71. The zero-order valence-electron chi connectivity index (χ0n) is 13.0. The van der Waals surface area contributed by atoms with Crippen molar-refractivity contribution in [1.82, 2.24) is 4.90 Å². The van der Waals surface area contributed by atoms with E-state index in [2.05, 4.69) is 54.3 Å². The normalized spacial score (nSPS) is 22.6. The highest BCUT2D eigenvalue weighted by molar-refractivity contribution is 6.30. The van der Waals surface area contributed by atoms with Crippen molar-refractivity contribution in [3.05, 3.63) is 70.7 Å². The second kappa shape index (κ2) is 6.82. The highest BCUT2D eigenvalue weighted by atomic mass is 35.5. The third-order valence-electron chi connectivity index (χ3n) is 4.46. The van der Waals surface area contributed by atoms with E-state index in [4.69, 9.17) is 16.3 Å². The quantitative estimate of drug-likeness (QED) is 0.825. The summed E-state index contributed by atoms with van der Waals surface area (Å²) in [6.07, 6.45) is 0.958. The van der Waals surface area contributed by atoms with Gasteiger partial charge in [-0.25, -0.2) is 0 Å². The predicted molar refractivity (Wildman–Crippen MR) is 91.1 cm³/mol. The van der Waals surface area contributed by atoms with Crippen LogP contribution in [0, 0.1) is 0 Å². The van der Waals surface area contributed by atoms with E-state index in [0.717, 1.165) is 37.7 Å². The average molecular weight is 316 g/mol. The van der Waals surface area contributed by atoms with E-state index in [1.807, 2.05) is 12.1 Å². The largest absolute Gasteiger partial charge is 0.368 e. The maximum atomic E-state index is 6.22. The topological polar surface area (TPSA) is 12.5 Å². The molecule has 0 aromatic heterocycles. The molecule has 0 saturated carbocycles. The van der Waals surface area contributed by atoms with Crippen molar-refractivity contribution in [2.24, 2.45) is 0 Å². The van der Waals surface area contributed by atoms with Gasteiger partial charge in [0.2, 0.25) is 0 Å². The molecule has 0 amide bonds. The van der Waals surface area contributed by atoms with Crippen molar-refractivity contribution < 1.29 is 4.74 Å². The van der Waals surface area contributed by atoms with Gasteiger partial charge in [0.05, 0.1) is 6.61 Å². The Morgan fingerprint density at radius 2 is 1.82 bits per heavy atom. The number of hydrogen-bond acceptors (Lipinski definition) is 2. The number of hydrogen-bond donors (Lipinski definition) is 0. The van der Waals surface area contributed by atoms with Crippen LogP contribution < -0.4 is 0 Å². The highest BCUT2D eigenvalue weighted by Gasteiger charge is 2.36. The van der Waals surface area contributed by atoms with Gasteiger partial charge in [-0.2, -0.15) is 0 Å². The van der Waals surface area contributed by atoms with Crippen LogP contribution in [0.25, 0.3) is 0 Å². The average Bonchev–Trinajstić information content (AvgIpc) is 2.56. The molecule has 1 fully saturated rings. The lowest BCUT2D eigenvalue weighted by Crippen LogP contribution is -2.49. The van der Waals surface area contributed by atoms with Crippen molar-refractivity contribution in [2.45, 2.75) is 25.5 Å². The summed E-state index contributed by atoms with van der Waals surface area (Å²) in [6, 6.07) is 18.7. The zero-order chi connectivity index (χ0) is 15.4. The van der Waals surface area contributed by atoms with Gasteiger partial charge < -0.3 is 4.74 Å². The molecule has 0 N–H and O–H groups in total. The molecular weight excluding hydrogens is 294 g/mol. The standard InChI is InChI=1S/C19H22ClNO/c1-2-19(17-8-10-18(20)11-9-17)15-21(12-13-22-19)14-16-6-4-3-5-7-16/h3-11H,2,12-15H2,1H3. The van der Waals surface area contributed by atoms with E-state index in [9.17, 15) is 0 Å². The first-order chi connectivity index (χ1) is 10.7. The Labute approximate surface area is 137 Å². The van der Waals surface area contributed by atoms with Crippen LogP contribution in [0.1, 0.15) is 24.5 Å². The van der Waals surface area contributed by atoms with E-state index in [-0.39, 0.29) is 5.60 Å². The van der Waals surface area contributed by atoms with E-state index < -0.39 is 0 Å². The molecule has 3 heteroatoms. The van der Waals surface area contributed by atoms with Crippen LogP contribution in [0.15, 0.2) is 54.6 Å². The fraction of sp³-hybridized carbons (Fsp3) is 0.368. The smallest absolute Gasteiger partial charge is 0.106 e. The Kier molecular flexibility index (Phi) is 4.82. The van der Waals surface area contributed by atoms with Crippen LogP contribution >= 0.6 is 11.6 Å². The molecule has 2 aromatic carbocycles. The van der Waals surface area contributed by atoms with Gasteiger partial charge in [0, 0.05) is 24.7 Å². The second-order valence-corrected chi connectivity index (χ2v) is 6.34. The van der Waals surface area contributed by atoms with Gasteiger partial charge in [-0.1, -0.05) is 61.0 Å². The molecule has 2 aromatic rings. The maximum absolute atomic E-state index is 6.22. The minimum atomic E-state index is -0.225. The molecule has 0 bridgehead atoms. The van der Waals surface area contributed by atoms with Gasteiger partial charge in [-0.3, -0.25) is 4.90 Å². The number of ether oxygens (including phenoxy) is 1. The SMILES string of the molecule is CCC1(c2ccc(Cl)cc2)CN(Cc2ccccc2)CCO1. The molecule has 1 saturated heterocycles. The molecule has 22 heavy (non-hydrogen) atoms. The lowest BCUT2D eigenvalue weighted by atomic mass is 9.89. The first-order valence-electron chi connectivity index (χ1n) is 7.88. The van der Waals surface area contributed by atoms with Crippen molar-refractivity contribution in [3.8, 4) is 0 Å². The van der Waals surface area contributed by atoms with E-state index >= 15 is 0 Å².